The van der Waals surface area contributed by atoms with E-state index in [0.717, 1.165) is 4.31 Å². The molecule has 2 aliphatic rings. The van der Waals surface area contributed by atoms with Crippen molar-refractivity contribution < 1.29 is 23.1 Å². The van der Waals surface area contributed by atoms with Gasteiger partial charge in [0.05, 0.1) is 18.6 Å². The van der Waals surface area contributed by atoms with Crippen LogP contribution in [0.1, 0.15) is 13.3 Å². The Bertz CT molecular complexity index is 435. The molecular formula is C10H18N2O5S2. The molecule has 9 heteroatoms. The second kappa shape index (κ2) is 5.96. The molecule has 2 saturated heterocycles. The topological polar surface area (TPSA) is 87.2 Å². The second-order valence-electron chi connectivity index (χ2n) is 4.40. The fourth-order valence-electron chi connectivity index (χ4n) is 2.25. The molecule has 2 rings (SSSR count). The Labute approximate surface area is 117 Å². The van der Waals surface area contributed by atoms with Crippen molar-refractivity contribution in [3.05, 3.63) is 0 Å². The minimum Gasteiger partial charge on any atom is -0.480 e. The van der Waals surface area contributed by atoms with Gasteiger partial charge in [-0.1, -0.05) is 6.92 Å². The molecule has 0 radical (unpaired) electrons. The van der Waals surface area contributed by atoms with Crippen LogP contribution < -0.4 is 0 Å². The van der Waals surface area contributed by atoms with Gasteiger partial charge in [0.25, 0.3) is 10.2 Å². The van der Waals surface area contributed by atoms with Crippen LogP contribution in [0.2, 0.25) is 0 Å². The number of rotatable bonds is 4. The number of ether oxygens (including phenoxy) is 1. The fourth-order valence-corrected chi connectivity index (χ4v) is 5.90. The molecule has 2 atom stereocenters. The average Bonchev–Trinajstić information content (AvgIpc) is 2.84. The van der Waals surface area contributed by atoms with Gasteiger partial charge in [-0.05, 0) is 6.42 Å². The van der Waals surface area contributed by atoms with Gasteiger partial charge in [-0.15, -0.1) is 11.8 Å². The van der Waals surface area contributed by atoms with E-state index in [2.05, 4.69) is 0 Å². The normalized spacial score (nSPS) is 30.6. The molecule has 0 amide bonds. The van der Waals surface area contributed by atoms with Gasteiger partial charge in [0.1, 0.15) is 6.04 Å². The number of aliphatic carboxylic acids is 1. The summed E-state index contributed by atoms with van der Waals surface area (Å²) in [5.74, 6) is -0.780. The average molecular weight is 310 g/mol. The number of nitrogens with zero attached hydrogens (tertiary/aromatic N) is 2. The lowest BCUT2D eigenvalue weighted by atomic mass is 10.3. The van der Waals surface area contributed by atoms with Crippen molar-refractivity contribution in [3.8, 4) is 0 Å². The van der Waals surface area contributed by atoms with Crippen LogP contribution >= 0.6 is 11.8 Å². The van der Waals surface area contributed by atoms with Crippen LogP contribution in [0.5, 0.6) is 0 Å². The van der Waals surface area contributed by atoms with Crippen LogP contribution in [-0.2, 0) is 19.7 Å². The Balaban J connectivity index is 2.26. The molecule has 7 nitrogen and oxygen atoms in total. The van der Waals surface area contributed by atoms with Gasteiger partial charge in [0.2, 0.25) is 0 Å². The van der Waals surface area contributed by atoms with E-state index in [9.17, 15) is 18.3 Å². The highest BCUT2D eigenvalue weighted by Crippen LogP contribution is 2.35. The number of thioether (sulfide) groups is 1. The summed E-state index contributed by atoms with van der Waals surface area (Å²) in [5, 5.41) is 8.90. The van der Waals surface area contributed by atoms with E-state index in [0.29, 0.717) is 25.4 Å². The summed E-state index contributed by atoms with van der Waals surface area (Å²) in [5.41, 5.74) is 0. The van der Waals surface area contributed by atoms with Gasteiger partial charge in [-0.25, -0.2) is 0 Å². The van der Waals surface area contributed by atoms with Crippen LogP contribution in [0.3, 0.4) is 0 Å². The summed E-state index contributed by atoms with van der Waals surface area (Å²) >= 11 is 1.39. The third-order valence-electron chi connectivity index (χ3n) is 3.23. The molecule has 0 aromatic rings. The van der Waals surface area contributed by atoms with E-state index in [1.54, 1.807) is 0 Å². The Morgan fingerprint density at radius 3 is 2.58 bits per heavy atom. The smallest absolute Gasteiger partial charge is 0.322 e. The van der Waals surface area contributed by atoms with Gasteiger partial charge in [-0.3, -0.25) is 4.79 Å². The van der Waals surface area contributed by atoms with E-state index >= 15 is 0 Å². The van der Waals surface area contributed by atoms with E-state index in [1.165, 1.54) is 16.1 Å². The predicted octanol–water partition coefficient (Wildman–Crippen LogP) is -0.198. The lowest BCUT2D eigenvalue weighted by Crippen LogP contribution is -2.54. The molecule has 2 unspecified atom stereocenters. The van der Waals surface area contributed by atoms with Crippen molar-refractivity contribution in [1.82, 2.24) is 8.61 Å². The third kappa shape index (κ3) is 2.89. The monoisotopic (exact) mass is 310 g/mol. The summed E-state index contributed by atoms with van der Waals surface area (Å²) in [4.78, 5) is 11.2. The first-order valence-electron chi connectivity index (χ1n) is 6.19. The maximum absolute atomic E-state index is 12.6. The first-order chi connectivity index (χ1) is 8.98. The summed E-state index contributed by atoms with van der Waals surface area (Å²) < 4.78 is 32.8. The van der Waals surface area contributed by atoms with Crippen LogP contribution in [0.25, 0.3) is 0 Å². The third-order valence-corrected chi connectivity index (χ3v) is 6.88. The van der Waals surface area contributed by atoms with Gasteiger partial charge >= 0.3 is 5.97 Å². The Morgan fingerprint density at radius 2 is 2.05 bits per heavy atom. The molecule has 0 spiro atoms. The number of carboxylic acids is 1. The van der Waals surface area contributed by atoms with Gasteiger partial charge in [0, 0.05) is 18.8 Å². The molecule has 0 aromatic heterocycles. The van der Waals surface area contributed by atoms with Crippen molar-refractivity contribution in [2.75, 3.05) is 32.1 Å². The van der Waals surface area contributed by atoms with E-state index in [-0.39, 0.29) is 18.5 Å². The maximum Gasteiger partial charge on any atom is 0.322 e. The zero-order valence-electron chi connectivity index (χ0n) is 10.7. The highest BCUT2D eigenvalue weighted by Gasteiger charge is 2.47. The number of carbonyl (C=O) groups is 1. The molecule has 19 heavy (non-hydrogen) atoms. The zero-order valence-corrected chi connectivity index (χ0v) is 12.3. The molecule has 0 saturated carbocycles. The quantitative estimate of drug-likeness (QED) is 0.774. The highest BCUT2D eigenvalue weighted by atomic mass is 32.2. The number of hydrogen-bond donors (Lipinski definition) is 1. The van der Waals surface area contributed by atoms with E-state index in [1.807, 2.05) is 6.92 Å². The van der Waals surface area contributed by atoms with Crippen LogP contribution in [0.4, 0.5) is 0 Å². The molecule has 0 aliphatic carbocycles. The van der Waals surface area contributed by atoms with Crippen molar-refractivity contribution in [3.63, 3.8) is 0 Å². The predicted molar refractivity (Wildman–Crippen MR) is 71.1 cm³/mol. The van der Waals surface area contributed by atoms with Crippen LogP contribution in [0, 0.1) is 0 Å². The molecular weight excluding hydrogens is 292 g/mol. The largest absolute Gasteiger partial charge is 0.480 e. The first kappa shape index (κ1) is 15.0. The molecule has 2 fully saturated rings. The summed E-state index contributed by atoms with van der Waals surface area (Å²) in [7, 11) is -3.73. The zero-order chi connectivity index (χ0) is 14.0. The summed E-state index contributed by atoms with van der Waals surface area (Å²) in [6.07, 6.45) is 0.595. The first-order valence-corrected chi connectivity index (χ1v) is 8.63. The van der Waals surface area contributed by atoms with E-state index < -0.39 is 22.2 Å². The molecule has 1 N–H and O–H groups in total. The molecule has 2 aliphatic heterocycles. The van der Waals surface area contributed by atoms with E-state index in [4.69, 9.17) is 4.74 Å². The van der Waals surface area contributed by atoms with Gasteiger partial charge < -0.3 is 9.84 Å². The molecule has 0 bridgehead atoms. The lowest BCUT2D eigenvalue weighted by molar-refractivity contribution is -0.140. The van der Waals surface area contributed by atoms with Crippen molar-refractivity contribution in [2.24, 2.45) is 0 Å². The Kier molecular flexibility index (Phi) is 4.72. The molecule has 0 aromatic carbocycles. The number of carboxylic acid groups (broad SMARTS) is 1. The Morgan fingerprint density at radius 1 is 1.42 bits per heavy atom. The van der Waals surface area contributed by atoms with Crippen molar-refractivity contribution >= 4 is 27.9 Å². The Hall–Kier alpha value is -0.350. The molecule has 110 valence electrons. The summed E-state index contributed by atoms with van der Waals surface area (Å²) in [6, 6.07) is -0.970. The fraction of sp³-hybridized carbons (Fsp3) is 0.900. The highest BCUT2D eigenvalue weighted by molar-refractivity contribution is 8.01. The van der Waals surface area contributed by atoms with Gasteiger partial charge in [-0.2, -0.15) is 17.0 Å². The number of morpholine rings is 1. The van der Waals surface area contributed by atoms with Crippen molar-refractivity contribution in [1.29, 1.82) is 0 Å². The number of hydrogen-bond acceptors (Lipinski definition) is 5. The minimum atomic E-state index is -3.73. The van der Waals surface area contributed by atoms with Crippen molar-refractivity contribution in [2.45, 2.75) is 24.8 Å². The molecule has 2 heterocycles. The van der Waals surface area contributed by atoms with Gasteiger partial charge in [0.15, 0.2) is 0 Å². The SMILES string of the molecule is CCC1SCC(C(=O)O)N1S(=O)(=O)N1CCOCC1. The maximum atomic E-state index is 12.6. The standard InChI is InChI=1S/C10H18N2O5S2/c1-2-9-12(8(7-18-9)10(13)14)19(15,16)11-3-5-17-6-4-11/h8-9H,2-7H2,1H3,(H,13,14). The second-order valence-corrected chi connectivity index (χ2v) is 7.44. The summed E-state index contributed by atoms with van der Waals surface area (Å²) in [6.45, 7) is 3.14. The minimum absolute atomic E-state index is 0.284. The van der Waals surface area contributed by atoms with Crippen LogP contribution in [-0.4, -0.2) is 71.6 Å². The lowest BCUT2D eigenvalue weighted by Gasteiger charge is -2.33. The van der Waals surface area contributed by atoms with Crippen LogP contribution in [0.15, 0.2) is 0 Å².